The number of rotatable bonds is 5. The summed E-state index contributed by atoms with van der Waals surface area (Å²) >= 11 is 0. The number of anilines is 1. The van der Waals surface area contributed by atoms with Gasteiger partial charge in [0.25, 0.3) is 11.8 Å². The Labute approximate surface area is 169 Å². The third-order valence-corrected chi connectivity index (χ3v) is 5.45. The van der Waals surface area contributed by atoms with Crippen LogP contribution in [-0.2, 0) is 9.53 Å². The molecule has 2 fully saturated rings. The molecule has 1 saturated heterocycles. The minimum absolute atomic E-state index is 0.00317. The number of hydrogen-bond donors (Lipinski definition) is 3. The summed E-state index contributed by atoms with van der Waals surface area (Å²) in [6.07, 6.45) is 4.43. The van der Waals surface area contributed by atoms with E-state index in [1.165, 1.54) is 6.21 Å². The highest BCUT2D eigenvalue weighted by Gasteiger charge is 2.51. The molecule has 2 heterocycles. The summed E-state index contributed by atoms with van der Waals surface area (Å²) in [7, 11) is 0. The number of carbonyl (C=O) groups excluding carboxylic acids is 1. The van der Waals surface area contributed by atoms with Crippen molar-refractivity contribution in [3.8, 4) is 11.5 Å². The van der Waals surface area contributed by atoms with Gasteiger partial charge in [-0.15, -0.1) is 0 Å². The number of nitrogens with zero attached hydrogens (tertiary/aromatic N) is 2. The maximum atomic E-state index is 12.2. The zero-order valence-corrected chi connectivity index (χ0v) is 16.8. The van der Waals surface area contributed by atoms with Gasteiger partial charge in [0.15, 0.2) is 5.82 Å². The van der Waals surface area contributed by atoms with Crippen molar-refractivity contribution in [2.75, 3.05) is 18.5 Å². The molecule has 1 aliphatic carbocycles. The van der Waals surface area contributed by atoms with E-state index in [2.05, 4.69) is 34.6 Å². The van der Waals surface area contributed by atoms with Crippen molar-refractivity contribution in [1.82, 2.24) is 15.5 Å². The molecule has 1 amide bonds. The van der Waals surface area contributed by atoms with Gasteiger partial charge >= 0.3 is 0 Å². The summed E-state index contributed by atoms with van der Waals surface area (Å²) in [5.74, 6) is 1.16. The second-order valence-electron chi connectivity index (χ2n) is 8.08. The topological polar surface area (TPSA) is 113 Å². The van der Waals surface area contributed by atoms with Crippen molar-refractivity contribution in [1.29, 1.82) is 5.41 Å². The molecule has 1 unspecified atom stereocenters. The van der Waals surface area contributed by atoms with Crippen molar-refractivity contribution in [2.24, 2.45) is 0 Å². The van der Waals surface area contributed by atoms with Crippen LogP contribution in [-0.4, -0.2) is 47.1 Å². The van der Waals surface area contributed by atoms with Crippen LogP contribution in [0.1, 0.15) is 56.8 Å². The van der Waals surface area contributed by atoms with Crippen molar-refractivity contribution in [3.05, 3.63) is 29.6 Å². The lowest BCUT2D eigenvalue weighted by molar-refractivity contribution is -0.135. The lowest BCUT2D eigenvalue weighted by atomic mass is 10.0. The minimum Gasteiger partial charge on any atom is -0.382 e. The molecule has 1 atom stereocenters. The Kier molecular flexibility index (Phi) is 5.36. The third-order valence-electron chi connectivity index (χ3n) is 5.45. The first kappa shape index (κ1) is 19.6. The van der Waals surface area contributed by atoms with Crippen LogP contribution in [0.4, 0.5) is 5.69 Å². The standard InChI is InChI=1S/C21H27N5O3/c1-13(2)24-17-11-15(3-4-16(17)12-22)19-25-18(26-29-19)14-5-9-23-20(27)21(7-8-21)28-10-6-14/h3-4,11-14,22,24H,5-10H2,1-2H3,(H,23,27). The fourth-order valence-electron chi connectivity index (χ4n) is 3.64. The molecule has 4 rings (SSSR count). The largest absolute Gasteiger partial charge is 0.382 e. The van der Waals surface area contributed by atoms with Crippen LogP contribution in [0.15, 0.2) is 22.7 Å². The van der Waals surface area contributed by atoms with Gasteiger partial charge in [-0.2, -0.15) is 4.98 Å². The molecule has 154 valence electrons. The van der Waals surface area contributed by atoms with E-state index in [9.17, 15) is 4.79 Å². The van der Waals surface area contributed by atoms with Gasteiger partial charge < -0.3 is 25.3 Å². The first-order valence-electron chi connectivity index (χ1n) is 10.2. The number of amides is 1. The van der Waals surface area contributed by atoms with E-state index in [0.717, 1.165) is 42.5 Å². The molecule has 1 aromatic heterocycles. The molecule has 1 aromatic carbocycles. The highest BCUT2D eigenvalue weighted by Crippen LogP contribution is 2.41. The Balaban J connectivity index is 1.51. The Hall–Kier alpha value is -2.74. The molecule has 0 bridgehead atoms. The van der Waals surface area contributed by atoms with Gasteiger partial charge in [-0.1, -0.05) is 11.2 Å². The van der Waals surface area contributed by atoms with Gasteiger partial charge in [-0.25, -0.2) is 0 Å². The molecule has 8 heteroatoms. The predicted molar refractivity (Wildman–Crippen MR) is 109 cm³/mol. The van der Waals surface area contributed by atoms with Gasteiger partial charge in [0.05, 0.1) is 0 Å². The average molecular weight is 397 g/mol. The molecule has 3 N–H and O–H groups in total. The predicted octanol–water partition coefficient (Wildman–Crippen LogP) is 3.10. The number of ether oxygens (including phenoxy) is 1. The van der Waals surface area contributed by atoms with Gasteiger partial charge in [-0.3, -0.25) is 4.79 Å². The van der Waals surface area contributed by atoms with Crippen LogP contribution in [0.3, 0.4) is 0 Å². The molecule has 0 radical (unpaired) electrons. The zero-order chi connectivity index (χ0) is 20.4. The van der Waals surface area contributed by atoms with Gasteiger partial charge in [0, 0.05) is 48.1 Å². The lowest BCUT2D eigenvalue weighted by Gasteiger charge is -2.14. The van der Waals surface area contributed by atoms with Gasteiger partial charge in [0.2, 0.25) is 0 Å². The van der Waals surface area contributed by atoms with Crippen LogP contribution in [0.25, 0.3) is 11.5 Å². The normalized spacial score (nSPS) is 21.2. The molecule has 8 nitrogen and oxygen atoms in total. The fourth-order valence-corrected chi connectivity index (χ4v) is 3.64. The highest BCUT2D eigenvalue weighted by atomic mass is 16.5. The van der Waals surface area contributed by atoms with Crippen LogP contribution in [0, 0.1) is 5.41 Å². The molecule has 2 aliphatic rings. The molecular weight excluding hydrogens is 370 g/mol. The maximum Gasteiger partial charge on any atom is 0.258 e. The van der Waals surface area contributed by atoms with Crippen molar-refractivity contribution in [2.45, 2.75) is 57.1 Å². The number of aromatic nitrogens is 2. The quantitative estimate of drug-likeness (QED) is 0.668. The summed E-state index contributed by atoms with van der Waals surface area (Å²) in [6.45, 7) is 5.19. The van der Waals surface area contributed by atoms with Crippen molar-refractivity contribution in [3.63, 3.8) is 0 Å². The molecule has 1 aliphatic heterocycles. The number of hydrogen-bond acceptors (Lipinski definition) is 7. The zero-order valence-electron chi connectivity index (χ0n) is 16.8. The van der Waals surface area contributed by atoms with Crippen LogP contribution < -0.4 is 10.6 Å². The summed E-state index contributed by atoms with van der Waals surface area (Å²) < 4.78 is 11.4. The van der Waals surface area contributed by atoms with Crippen molar-refractivity contribution < 1.29 is 14.1 Å². The first-order valence-corrected chi connectivity index (χ1v) is 10.2. The summed E-state index contributed by atoms with van der Waals surface area (Å²) in [5, 5.41) is 18.1. The van der Waals surface area contributed by atoms with E-state index in [4.69, 9.17) is 14.7 Å². The Morgan fingerprint density at radius 3 is 2.90 bits per heavy atom. The first-order chi connectivity index (χ1) is 14.0. The fraction of sp³-hybridized carbons (Fsp3) is 0.524. The van der Waals surface area contributed by atoms with E-state index < -0.39 is 5.60 Å². The van der Waals surface area contributed by atoms with E-state index >= 15 is 0 Å². The summed E-state index contributed by atoms with van der Waals surface area (Å²) in [5.41, 5.74) is 1.89. The number of benzene rings is 1. The highest BCUT2D eigenvalue weighted by molar-refractivity contribution is 5.88. The van der Waals surface area contributed by atoms with E-state index in [0.29, 0.717) is 24.9 Å². The molecule has 1 spiro atoms. The SMILES string of the molecule is CC(C)Nc1cc(-c2nc(C3CCNC(=O)C4(CC4)OCC3)no2)ccc1C=N. The second kappa shape index (κ2) is 7.94. The van der Waals surface area contributed by atoms with Crippen LogP contribution >= 0.6 is 0 Å². The van der Waals surface area contributed by atoms with E-state index in [1.807, 2.05) is 18.2 Å². The molecule has 29 heavy (non-hydrogen) atoms. The molecular formula is C21H27N5O3. The smallest absolute Gasteiger partial charge is 0.258 e. The third kappa shape index (κ3) is 4.17. The van der Waals surface area contributed by atoms with Crippen LogP contribution in [0.2, 0.25) is 0 Å². The summed E-state index contributed by atoms with van der Waals surface area (Å²) in [4.78, 5) is 16.8. The molecule has 1 saturated carbocycles. The van der Waals surface area contributed by atoms with Gasteiger partial charge in [-0.05, 0) is 51.7 Å². The summed E-state index contributed by atoms with van der Waals surface area (Å²) in [6, 6.07) is 5.93. The maximum absolute atomic E-state index is 12.2. The van der Waals surface area contributed by atoms with E-state index in [-0.39, 0.29) is 17.9 Å². The number of carbonyl (C=O) groups is 1. The second-order valence-corrected chi connectivity index (χ2v) is 8.08. The Morgan fingerprint density at radius 1 is 1.34 bits per heavy atom. The van der Waals surface area contributed by atoms with Crippen molar-refractivity contribution >= 4 is 17.8 Å². The Morgan fingerprint density at radius 2 is 2.17 bits per heavy atom. The number of nitrogens with one attached hydrogen (secondary N) is 3. The average Bonchev–Trinajstić information content (AvgIpc) is 3.30. The monoisotopic (exact) mass is 397 g/mol. The van der Waals surface area contributed by atoms with Gasteiger partial charge in [0.1, 0.15) is 5.60 Å². The lowest BCUT2D eigenvalue weighted by Crippen LogP contribution is -2.38. The Bertz CT molecular complexity index is 903. The van der Waals surface area contributed by atoms with E-state index in [1.54, 1.807) is 0 Å². The molecule has 2 aromatic rings. The minimum atomic E-state index is -0.590. The van der Waals surface area contributed by atoms with Crippen LogP contribution in [0.5, 0.6) is 0 Å².